The number of unbranched alkanes of at least 4 members (excludes halogenated alkanes) is 2. The van der Waals surface area contributed by atoms with Gasteiger partial charge >= 0.3 is 0 Å². The van der Waals surface area contributed by atoms with Crippen LogP contribution >= 0.6 is 0 Å². The summed E-state index contributed by atoms with van der Waals surface area (Å²) in [4.78, 5) is 2.53. The van der Waals surface area contributed by atoms with E-state index in [0.29, 0.717) is 0 Å². The molecule has 0 radical (unpaired) electrons. The molecule has 0 aromatic heterocycles. The van der Waals surface area contributed by atoms with Crippen LogP contribution in [-0.2, 0) is 4.74 Å². The Hall–Kier alpha value is -0.120. The van der Waals surface area contributed by atoms with Crippen molar-refractivity contribution in [3.63, 3.8) is 0 Å². The number of hydrogen-bond donors (Lipinski definition) is 1. The molecule has 1 N–H and O–H groups in total. The predicted octanol–water partition coefficient (Wildman–Crippen LogP) is 2.27. The molecule has 102 valence electrons. The Morgan fingerprint density at radius 3 is 2.59 bits per heavy atom. The molecule has 3 nitrogen and oxygen atoms in total. The first-order chi connectivity index (χ1) is 8.34. The maximum Gasteiger partial charge on any atom is 0.0480 e. The molecule has 0 aromatic carbocycles. The van der Waals surface area contributed by atoms with Crippen LogP contribution in [-0.4, -0.2) is 50.8 Å². The van der Waals surface area contributed by atoms with Crippen molar-refractivity contribution >= 4 is 0 Å². The number of hydrogen-bond acceptors (Lipinski definition) is 3. The van der Waals surface area contributed by atoms with Gasteiger partial charge in [0.15, 0.2) is 0 Å². The molecule has 1 rings (SSSR count). The number of ether oxygens (including phenoxy) is 1. The SMILES string of the molecule is CCCNCCCCCN(C)C1CCOCC1. The molecule has 1 fully saturated rings. The van der Waals surface area contributed by atoms with Gasteiger partial charge in [-0.25, -0.2) is 0 Å². The van der Waals surface area contributed by atoms with Gasteiger partial charge in [-0.1, -0.05) is 13.3 Å². The molecule has 1 saturated heterocycles. The Morgan fingerprint density at radius 2 is 1.88 bits per heavy atom. The van der Waals surface area contributed by atoms with Crippen LogP contribution in [0.5, 0.6) is 0 Å². The average molecular weight is 242 g/mol. The third kappa shape index (κ3) is 7.02. The van der Waals surface area contributed by atoms with Crippen molar-refractivity contribution in [2.24, 2.45) is 0 Å². The second-order valence-corrected chi connectivity index (χ2v) is 5.13. The monoisotopic (exact) mass is 242 g/mol. The van der Waals surface area contributed by atoms with E-state index < -0.39 is 0 Å². The van der Waals surface area contributed by atoms with E-state index in [2.05, 4.69) is 24.2 Å². The second-order valence-electron chi connectivity index (χ2n) is 5.13. The van der Waals surface area contributed by atoms with Crippen molar-refractivity contribution < 1.29 is 4.74 Å². The summed E-state index contributed by atoms with van der Waals surface area (Å²) in [6, 6.07) is 0.766. The topological polar surface area (TPSA) is 24.5 Å². The van der Waals surface area contributed by atoms with Gasteiger partial charge in [0, 0.05) is 19.3 Å². The van der Waals surface area contributed by atoms with E-state index in [1.807, 2.05) is 0 Å². The molecule has 0 unspecified atom stereocenters. The fourth-order valence-electron chi connectivity index (χ4n) is 2.40. The van der Waals surface area contributed by atoms with Crippen molar-refractivity contribution in [2.75, 3.05) is 39.9 Å². The quantitative estimate of drug-likeness (QED) is 0.628. The Balaban J connectivity index is 1.90. The average Bonchev–Trinajstić information content (AvgIpc) is 2.38. The van der Waals surface area contributed by atoms with Crippen molar-refractivity contribution in [2.45, 2.75) is 51.5 Å². The van der Waals surface area contributed by atoms with Gasteiger partial charge in [-0.3, -0.25) is 0 Å². The van der Waals surface area contributed by atoms with Crippen LogP contribution in [0.4, 0.5) is 0 Å². The summed E-state index contributed by atoms with van der Waals surface area (Å²) in [6.07, 6.45) is 7.68. The summed E-state index contributed by atoms with van der Waals surface area (Å²) in [6.45, 7) is 7.73. The Bertz CT molecular complexity index is 170. The minimum absolute atomic E-state index is 0.766. The molecule has 0 spiro atoms. The molecule has 0 atom stereocenters. The molecular weight excluding hydrogens is 212 g/mol. The molecule has 0 saturated carbocycles. The second kappa shape index (κ2) is 9.86. The van der Waals surface area contributed by atoms with Gasteiger partial charge in [0.25, 0.3) is 0 Å². The molecule has 3 heteroatoms. The standard InChI is InChI=1S/C14H30N2O/c1-3-9-15-10-5-4-6-11-16(2)14-7-12-17-13-8-14/h14-15H,3-13H2,1-2H3. The van der Waals surface area contributed by atoms with E-state index in [1.165, 1.54) is 58.2 Å². The van der Waals surface area contributed by atoms with Gasteiger partial charge in [0.05, 0.1) is 0 Å². The van der Waals surface area contributed by atoms with Gasteiger partial charge in [-0.15, -0.1) is 0 Å². The highest BCUT2D eigenvalue weighted by molar-refractivity contribution is 4.71. The lowest BCUT2D eigenvalue weighted by molar-refractivity contribution is 0.0426. The van der Waals surface area contributed by atoms with E-state index in [9.17, 15) is 0 Å². The maximum atomic E-state index is 5.40. The first-order valence-corrected chi connectivity index (χ1v) is 7.33. The van der Waals surface area contributed by atoms with Crippen molar-refractivity contribution in [1.82, 2.24) is 10.2 Å². The van der Waals surface area contributed by atoms with Crippen LogP contribution in [0.15, 0.2) is 0 Å². The van der Waals surface area contributed by atoms with Gasteiger partial charge in [-0.2, -0.15) is 0 Å². The largest absolute Gasteiger partial charge is 0.381 e. The van der Waals surface area contributed by atoms with Crippen LogP contribution in [0, 0.1) is 0 Å². The maximum absolute atomic E-state index is 5.40. The molecule has 0 amide bonds. The van der Waals surface area contributed by atoms with E-state index in [4.69, 9.17) is 4.74 Å². The highest BCUT2D eigenvalue weighted by Gasteiger charge is 2.17. The number of nitrogens with zero attached hydrogens (tertiary/aromatic N) is 1. The van der Waals surface area contributed by atoms with Gasteiger partial charge < -0.3 is 15.0 Å². The zero-order chi connectivity index (χ0) is 12.3. The Labute approximate surface area is 107 Å². The highest BCUT2D eigenvalue weighted by Crippen LogP contribution is 2.13. The summed E-state index contributed by atoms with van der Waals surface area (Å²) in [5, 5.41) is 3.46. The lowest BCUT2D eigenvalue weighted by Gasteiger charge is -2.31. The number of rotatable bonds is 9. The van der Waals surface area contributed by atoms with Crippen LogP contribution in [0.3, 0.4) is 0 Å². The van der Waals surface area contributed by atoms with Crippen molar-refractivity contribution in [3.8, 4) is 0 Å². The summed E-state index contributed by atoms with van der Waals surface area (Å²) in [7, 11) is 2.27. The zero-order valence-corrected chi connectivity index (χ0v) is 11.7. The van der Waals surface area contributed by atoms with Crippen LogP contribution in [0.1, 0.15) is 45.4 Å². The van der Waals surface area contributed by atoms with Crippen LogP contribution in [0.2, 0.25) is 0 Å². The minimum atomic E-state index is 0.766. The lowest BCUT2D eigenvalue weighted by Crippen LogP contribution is -2.37. The van der Waals surface area contributed by atoms with Crippen molar-refractivity contribution in [1.29, 1.82) is 0 Å². The fourth-order valence-corrected chi connectivity index (χ4v) is 2.40. The summed E-state index contributed by atoms with van der Waals surface area (Å²) >= 11 is 0. The normalized spacial score (nSPS) is 17.8. The molecule has 1 aliphatic rings. The van der Waals surface area contributed by atoms with E-state index in [0.717, 1.165) is 19.3 Å². The fraction of sp³-hybridized carbons (Fsp3) is 1.00. The number of nitrogens with one attached hydrogen (secondary N) is 1. The van der Waals surface area contributed by atoms with E-state index in [1.54, 1.807) is 0 Å². The van der Waals surface area contributed by atoms with Gasteiger partial charge in [0.1, 0.15) is 0 Å². The van der Waals surface area contributed by atoms with Crippen LogP contribution in [0.25, 0.3) is 0 Å². The molecule has 1 aliphatic heterocycles. The van der Waals surface area contributed by atoms with Gasteiger partial charge in [0.2, 0.25) is 0 Å². The summed E-state index contributed by atoms with van der Waals surface area (Å²) in [5.41, 5.74) is 0. The first-order valence-electron chi connectivity index (χ1n) is 7.33. The third-order valence-corrected chi connectivity index (χ3v) is 3.61. The molecular formula is C14H30N2O. The van der Waals surface area contributed by atoms with E-state index in [-0.39, 0.29) is 0 Å². The molecule has 17 heavy (non-hydrogen) atoms. The minimum Gasteiger partial charge on any atom is -0.381 e. The lowest BCUT2D eigenvalue weighted by atomic mass is 10.1. The Morgan fingerprint density at radius 1 is 1.12 bits per heavy atom. The Kier molecular flexibility index (Phi) is 8.67. The van der Waals surface area contributed by atoms with E-state index >= 15 is 0 Å². The summed E-state index contributed by atoms with van der Waals surface area (Å²) < 4.78 is 5.40. The zero-order valence-electron chi connectivity index (χ0n) is 11.7. The first kappa shape index (κ1) is 14.9. The highest BCUT2D eigenvalue weighted by atomic mass is 16.5. The van der Waals surface area contributed by atoms with Crippen LogP contribution < -0.4 is 5.32 Å². The molecule has 0 aliphatic carbocycles. The smallest absolute Gasteiger partial charge is 0.0480 e. The molecule has 0 aromatic rings. The molecule has 0 bridgehead atoms. The van der Waals surface area contributed by atoms with Gasteiger partial charge in [-0.05, 0) is 58.8 Å². The predicted molar refractivity (Wildman–Crippen MR) is 73.5 cm³/mol. The molecule has 1 heterocycles. The van der Waals surface area contributed by atoms with Crippen molar-refractivity contribution in [3.05, 3.63) is 0 Å². The third-order valence-electron chi connectivity index (χ3n) is 3.61. The summed E-state index contributed by atoms with van der Waals surface area (Å²) in [5.74, 6) is 0.